The van der Waals surface area contributed by atoms with E-state index >= 15 is 0 Å². The van der Waals surface area contributed by atoms with Gasteiger partial charge >= 0.3 is 0 Å². The molecule has 5 heteroatoms. The molecule has 0 bridgehead atoms. The first kappa shape index (κ1) is 15.1. The third kappa shape index (κ3) is 3.33. The highest BCUT2D eigenvalue weighted by Gasteiger charge is 2.21. The van der Waals surface area contributed by atoms with Crippen molar-refractivity contribution in [2.75, 3.05) is 6.54 Å². The number of hydrogen-bond donors (Lipinski definition) is 1. The predicted molar refractivity (Wildman–Crippen MR) is 85.9 cm³/mol. The lowest BCUT2D eigenvalue weighted by Gasteiger charge is -2.21. The first-order valence-corrected chi connectivity index (χ1v) is 8.11. The number of carbonyl (C=O) groups excluding carboxylic acids is 1. The molecule has 4 nitrogen and oxygen atoms in total. The normalized spacial score (nSPS) is 15.7. The zero-order valence-electron chi connectivity index (χ0n) is 12.3. The summed E-state index contributed by atoms with van der Waals surface area (Å²) in [6.07, 6.45) is 7.68. The van der Waals surface area contributed by atoms with Crippen molar-refractivity contribution in [1.82, 2.24) is 10.5 Å². The van der Waals surface area contributed by atoms with Crippen LogP contribution in [0.1, 0.15) is 42.5 Å². The number of rotatable bonds is 4. The second-order valence-electron chi connectivity index (χ2n) is 5.76. The van der Waals surface area contributed by atoms with Crippen molar-refractivity contribution < 1.29 is 9.32 Å². The van der Waals surface area contributed by atoms with Crippen LogP contribution >= 0.6 is 11.6 Å². The SMILES string of the molecule is O=C(NCC1CCCCC1)c1cnoc1-c1ccccc1Cl. The zero-order valence-corrected chi connectivity index (χ0v) is 13.1. The topological polar surface area (TPSA) is 55.1 Å². The van der Waals surface area contributed by atoms with Crippen molar-refractivity contribution in [2.24, 2.45) is 5.92 Å². The molecular weight excluding hydrogens is 300 g/mol. The fourth-order valence-electron chi connectivity index (χ4n) is 2.96. The van der Waals surface area contributed by atoms with E-state index in [1.54, 1.807) is 6.07 Å². The Morgan fingerprint density at radius 1 is 1.27 bits per heavy atom. The van der Waals surface area contributed by atoms with Gasteiger partial charge in [-0.15, -0.1) is 0 Å². The van der Waals surface area contributed by atoms with Crippen molar-refractivity contribution in [3.63, 3.8) is 0 Å². The van der Waals surface area contributed by atoms with Crippen LogP contribution in [0.5, 0.6) is 0 Å². The van der Waals surface area contributed by atoms with Gasteiger partial charge in [-0.25, -0.2) is 0 Å². The first-order valence-electron chi connectivity index (χ1n) is 7.73. The predicted octanol–water partition coefficient (Wildman–Crippen LogP) is 4.31. The van der Waals surface area contributed by atoms with Crippen LogP contribution < -0.4 is 5.32 Å². The summed E-state index contributed by atoms with van der Waals surface area (Å²) in [6, 6.07) is 7.28. The molecule has 1 fully saturated rings. The molecule has 0 aliphatic heterocycles. The summed E-state index contributed by atoms with van der Waals surface area (Å²) in [5.41, 5.74) is 1.12. The van der Waals surface area contributed by atoms with Gasteiger partial charge in [0.2, 0.25) is 0 Å². The minimum atomic E-state index is -0.151. The van der Waals surface area contributed by atoms with Crippen molar-refractivity contribution in [1.29, 1.82) is 0 Å². The first-order chi connectivity index (χ1) is 10.8. The van der Waals surface area contributed by atoms with E-state index in [4.69, 9.17) is 16.1 Å². The van der Waals surface area contributed by atoms with Crippen LogP contribution in [0.15, 0.2) is 35.0 Å². The molecule has 3 rings (SSSR count). The molecule has 22 heavy (non-hydrogen) atoms. The van der Waals surface area contributed by atoms with Gasteiger partial charge in [0, 0.05) is 12.1 Å². The Hall–Kier alpha value is -1.81. The van der Waals surface area contributed by atoms with Crippen molar-refractivity contribution in [3.05, 3.63) is 41.0 Å². The number of benzene rings is 1. The summed E-state index contributed by atoms with van der Waals surface area (Å²) in [5, 5.41) is 7.31. The molecule has 0 saturated heterocycles. The van der Waals surface area contributed by atoms with E-state index in [1.165, 1.54) is 38.3 Å². The molecule has 0 radical (unpaired) electrons. The zero-order chi connectivity index (χ0) is 15.4. The number of amides is 1. The fraction of sp³-hybridized carbons (Fsp3) is 0.412. The average molecular weight is 319 g/mol. The minimum absolute atomic E-state index is 0.151. The monoisotopic (exact) mass is 318 g/mol. The van der Waals surface area contributed by atoms with E-state index < -0.39 is 0 Å². The third-order valence-corrected chi connectivity index (χ3v) is 4.54. The summed E-state index contributed by atoms with van der Waals surface area (Å²) >= 11 is 6.17. The highest BCUT2D eigenvalue weighted by molar-refractivity contribution is 6.33. The van der Waals surface area contributed by atoms with Crippen LogP contribution in [-0.4, -0.2) is 17.6 Å². The highest BCUT2D eigenvalue weighted by atomic mass is 35.5. The Balaban J connectivity index is 1.71. The van der Waals surface area contributed by atoms with Gasteiger partial charge in [0.05, 0.1) is 11.2 Å². The molecule has 1 aliphatic rings. The van der Waals surface area contributed by atoms with Gasteiger partial charge in [0.1, 0.15) is 5.56 Å². The van der Waals surface area contributed by atoms with E-state index in [-0.39, 0.29) is 5.91 Å². The van der Waals surface area contributed by atoms with Crippen LogP contribution in [0, 0.1) is 5.92 Å². The molecule has 1 aromatic carbocycles. The second-order valence-corrected chi connectivity index (χ2v) is 6.17. The number of aromatic nitrogens is 1. The highest BCUT2D eigenvalue weighted by Crippen LogP contribution is 2.30. The summed E-state index contributed by atoms with van der Waals surface area (Å²) < 4.78 is 5.25. The Morgan fingerprint density at radius 2 is 2.05 bits per heavy atom. The van der Waals surface area contributed by atoms with Crippen molar-refractivity contribution >= 4 is 17.5 Å². The van der Waals surface area contributed by atoms with E-state index in [9.17, 15) is 4.79 Å². The van der Waals surface area contributed by atoms with Gasteiger partial charge in [0.15, 0.2) is 5.76 Å². The molecule has 2 aromatic rings. The Labute approximate surface area is 134 Å². The van der Waals surface area contributed by atoms with E-state index in [2.05, 4.69) is 10.5 Å². The van der Waals surface area contributed by atoms with Gasteiger partial charge < -0.3 is 9.84 Å². The van der Waals surface area contributed by atoms with Crippen LogP contribution in [0.4, 0.5) is 0 Å². The molecule has 0 spiro atoms. The molecule has 0 atom stereocenters. The number of hydrogen-bond acceptors (Lipinski definition) is 3. The number of nitrogens with zero attached hydrogens (tertiary/aromatic N) is 1. The Morgan fingerprint density at radius 3 is 2.82 bits per heavy atom. The number of nitrogens with one attached hydrogen (secondary N) is 1. The van der Waals surface area contributed by atoms with Crippen LogP contribution in [-0.2, 0) is 0 Å². The smallest absolute Gasteiger partial charge is 0.256 e. The van der Waals surface area contributed by atoms with Gasteiger partial charge in [-0.3, -0.25) is 4.79 Å². The molecule has 1 saturated carbocycles. The Bertz CT molecular complexity index is 648. The second kappa shape index (κ2) is 6.97. The third-order valence-electron chi connectivity index (χ3n) is 4.21. The average Bonchev–Trinajstić information content (AvgIpc) is 3.03. The van der Waals surface area contributed by atoms with Crippen molar-refractivity contribution in [2.45, 2.75) is 32.1 Å². The lowest BCUT2D eigenvalue weighted by molar-refractivity contribution is 0.0944. The Kier molecular flexibility index (Phi) is 4.78. The van der Waals surface area contributed by atoms with Gasteiger partial charge in [-0.1, -0.05) is 48.2 Å². The van der Waals surface area contributed by atoms with E-state index in [1.807, 2.05) is 18.2 Å². The van der Waals surface area contributed by atoms with Gasteiger partial charge in [-0.2, -0.15) is 0 Å². The van der Waals surface area contributed by atoms with Gasteiger partial charge in [-0.05, 0) is 30.9 Å². The molecular formula is C17H19ClN2O2. The molecule has 1 heterocycles. The summed E-state index contributed by atoms with van der Waals surface area (Å²) in [4.78, 5) is 12.4. The maximum atomic E-state index is 12.4. The van der Waals surface area contributed by atoms with Crippen LogP contribution in [0.25, 0.3) is 11.3 Å². The van der Waals surface area contributed by atoms with Gasteiger partial charge in [0.25, 0.3) is 5.91 Å². The lowest BCUT2D eigenvalue weighted by atomic mass is 9.89. The molecule has 1 aromatic heterocycles. The summed E-state index contributed by atoms with van der Waals surface area (Å²) in [7, 11) is 0. The quantitative estimate of drug-likeness (QED) is 0.914. The standard InChI is InChI=1S/C17H19ClN2O2/c18-15-9-5-4-8-13(15)16-14(11-20-22-16)17(21)19-10-12-6-2-1-3-7-12/h4-5,8-9,11-12H,1-3,6-7,10H2,(H,19,21). The fourth-order valence-corrected chi connectivity index (χ4v) is 3.19. The molecule has 1 aliphatic carbocycles. The van der Waals surface area contributed by atoms with Crippen molar-refractivity contribution in [3.8, 4) is 11.3 Å². The molecule has 1 N–H and O–H groups in total. The van der Waals surface area contributed by atoms with E-state index in [0.717, 1.165) is 0 Å². The minimum Gasteiger partial charge on any atom is -0.355 e. The van der Waals surface area contributed by atoms with Crippen LogP contribution in [0.3, 0.4) is 0 Å². The maximum Gasteiger partial charge on any atom is 0.256 e. The largest absolute Gasteiger partial charge is 0.355 e. The number of halogens is 1. The molecule has 116 valence electrons. The van der Waals surface area contributed by atoms with E-state index in [0.29, 0.717) is 34.4 Å². The molecule has 1 amide bonds. The molecule has 0 unspecified atom stereocenters. The number of carbonyl (C=O) groups is 1. The van der Waals surface area contributed by atoms with Crippen LogP contribution in [0.2, 0.25) is 5.02 Å². The maximum absolute atomic E-state index is 12.4. The lowest BCUT2D eigenvalue weighted by Crippen LogP contribution is -2.30. The summed E-state index contributed by atoms with van der Waals surface area (Å²) in [5.74, 6) is 0.856. The summed E-state index contributed by atoms with van der Waals surface area (Å²) in [6.45, 7) is 0.714.